The number of hydrogen-bond donors (Lipinski definition) is 0. The third-order valence-corrected chi connectivity index (χ3v) is 9.22. The number of hydrogen-bond acceptors (Lipinski definition) is 1. The summed E-state index contributed by atoms with van der Waals surface area (Å²) in [5, 5.41) is 2.69. The first-order valence-electron chi connectivity index (χ1n) is 11.1. The number of nitrogens with zero attached hydrogens (tertiary/aromatic N) is 2. The highest BCUT2D eigenvalue weighted by molar-refractivity contribution is 6.01. The molecule has 2 heteroatoms. The van der Waals surface area contributed by atoms with Gasteiger partial charge < -0.3 is 0 Å². The molecule has 2 aromatic carbocycles. The van der Waals surface area contributed by atoms with E-state index in [9.17, 15) is 0 Å². The van der Waals surface area contributed by atoms with Crippen LogP contribution in [0.5, 0.6) is 0 Å². The highest BCUT2D eigenvalue weighted by Crippen LogP contribution is 2.62. The van der Waals surface area contributed by atoms with Crippen molar-refractivity contribution in [2.45, 2.75) is 71.6 Å². The van der Waals surface area contributed by atoms with Gasteiger partial charge in [-0.1, -0.05) is 65.8 Å². The Morgan fingerprint density at radius 1 is 0.828 bits per heavy atom. The Morgan fingerprint density at radius 3 is 2.21 bits per heavy atom. The van der Waals surface area contributed by atoms with Crippen molar-refractivity contribution in [3.8, 4) is 0 Å². The third-order valence-electron chi connectivity index (χ3n) is 9.22. The minimum absolute atomic E-state index is 0.111. The number of aromatic nitrogens is 2. The zero-order valence-electron chi connectivity index (χ0n) is 18.5. The van der Waals surface area contributed by atoms with E-state index in [4.69, 9.17) is 4.98 Å². The lowest BCUT2D eigenvalue weighted by Gasteiger charge is -2.44. The molecule has 2 aliphatic rings. The van der Waals surface area contributed by atoms with E-state index in [-0.39, 0.29) is 16.2 Å². The topological polar surface area (TPSA) is 17.3 Å². The van der Waals surface area contributed by atoms with Gasteiger partial charge in [0.05, 0.1) is 11.0 Å². The summed E-state index contributed by atoms with van der Waals surface area (Å²) < 4.78 is 2.49. The lowest BCUT2D eigenvalue weighted by Crippen LogP contribution is -2.42. The van der Waals surface area contributed by atoms with E-state index in [2.05, 4.69) is 82.3 Å². The number of fused-ring (bicyclic) bond motifs is 9. The van der Waals surface area contributed by atoms with E-state index in [0.29, 0.717) is 0 Å². The van der Waals surface area contributed by atoms with Gasteiger partial charge in [0.2, 0.25) is 0 Å². The number of benzene rings is 2. The van der Waals surface area contributed by atoms with Crippen molar-refractivity contribution in [2.75, 3.05) is 0 Å². The van der Waals surface area contributed by atoms with Crippen molar-refractivity contribution in [3.63, 3.8) is 0 Å². The highest BCUT2D eigenvalue weighted by Gasteiger charge is 2.57. The molecule has 148 valence electrons. The molecular weight excluding hydrogens is 352 g/mol. The van der Waals surface area contributed by atoms with E-state index >= 15 is 0 Å². The predicted octanol–water partition coefficient (Wildman–Crippen LogP) is 6.72. The monoisotopic (exact) mass is 382 g/mol. The zero-order chi connectivity index (χ0) is 20.3. The molecule has 0 radical (unpaired) electrons. The van der Waals surface area contributed by atoms with Crippen molar-refractivity contribution in [1.29, 1.82) is 0 Å². The Morgan fingerprint density at radius 2 is 1.48 bits per heavy atom. The van der Waals surface area contributed by atoms with Crippen LogP contribution in [-0.4, -0.2) is 9.38 Å². The average molecular weight is 383 g/mol. The average Bonchev–Trinajstić information content (AvgIpc) is 3.32. The fourth-order valence-corrected chi connectivity index (χ4v) is 6.27. The Kier molecular flexibility index (Phi) is 3.04. The molecule has 0 spiro atoms. The summed E-state index contributed by atoms with van der Waals surface area (Å²) in [4.78, 5) is 5.22. The van der Waals surface area contributed by atoms with Gasteiger partial charge in [-0.3, -0.25) is 4.40 Å². The summed E-state index contributed by atoms with van der Waals surface area (Å²) in [6, 6.07) is 13.7. The molecule has 0 aliphatic heterocycles. The molecule has 0 atom stereocenters. The first-order chi connectivity index (χ1) is 13.7. The second-order valence-electron chi connectivity index (χ2n) is 10.9. The van der Waals surface area contributed by atoms with Crippen LogP contribution in [0.15, 0.2) is 36.4 Å². The van der Waals surface area contributed by atoms with Gasteiger partial charge in [-0.2, -0.15) is 0 Å². The second kappa shape index (κ2) is 5.03. The maximum atomic E-state index is 5.22. The molecule has 0 bridgehead atoms. The molecule has 0 unspecified atom stereocenters. The fraction of sp³-hybridized carbons (Fsp3) is 0.444. The van der Waals surface area contributed by atoms with Gasteiger partial charge in [-0.05, 0) is 69.7 Å². The van der Waals surface area contributed by atoms with Crippen molar-refractivity contribution < 1.29 is 0 Å². The van der Waals surface area contributed by atoms with Crippen molar-refractivity contribution in [1.82, 2.24) is 9.38 Å². The maximum Gasteiger partial charge on any atom is 0.146 e. The molecule has 0 N–H and O–H groups in total. The molecule has 2 nitrogen and oxygen atoms in total. The smallest absolute Gasteiger partial charge is 0.146 e. The van der Waals surface area contributed by atoms with Crippen LogP contribution in [0.25, 0.3) is 27.5 Å². The molecule has 4 aromatic rings. The van der Waals surface area contributed by atoms with Gasteiger partial charge in [0.15, 0.2) is 0 Å². The molecule has 2 heterocycles. The summed E-state index contributed by atoms with van der Waals surface area (Å²) in [5.74, 6) is 0. The molecular formula is C27H30N2. The summed E-state index contributed by atoms with van der Waals surface area (Å²) in [6.45, 7) is 14.5. The molecule has 0 saturated carbocycles. The predicted molar refractivity (Wildman–Crippen MR) is 122 cm³/mol. The van der Waals surface area contributed by atoms with E-state index < -0.39 is 0 Å². The van der Waals surface area contributed by atoms with Gasteiger partial charge >= 0.3 is 0 Å². The van der Waals surface area contributed by atoms with Crippen molar-refractivity contribution >= 4 is 27.5 Å². The highest BCUT2D eigenvalue weighted by atomic mass is 15.0. The Bertz CT molecular complexity index is 1350. The van der Waals surface area contributed by atoms with Crippen LogP contribution < -0.4 is 0 Å². The minimum atomic E-state index is 0.111. The molecule has 0 fully saturated rings. The van der Waals surface area contributed by atoms with Gasteiger partial charge in [-0.15, -0.1) is 0 Å². The van der Waals surface area contributed by atoms with Gasteiger partial charge in [0.1, 0.15) is 5.65 Å². The van der Waals surface area contributed by atoms with Crippen LogP contribution >= 0.6 is 0 Å². The number of aryl methyl sites for hydroxylation is 2. The molecule has 2 aliphatic carbocycles. The van der Waals surface area contributed by atoms with E-state index in [1.165, 1.54) is 51.5 Å². The van der Waals surface area contributed by atoms with Crippen LogP contribution in [0.2, 0.25) is 0 Å². The summed E-state index contributed by atoms with van der Waals surface area (Å²) >= 11 is 0. The zero-order valence-corrected chi connectivity index (χ0v) is 18.5. The second-order valence-corrected chi connectivity index (χ2v) is 10.9. The quantitative estimate of drug-likeness (QED) is 0.330. The fourth-order valence-electron chi connectivity index (χ4n) is 6.27. The molecule has 29 heavy (non-hydrogen) atoms. The number of pyridine rings is 1. The number of rotatable bonds is 0. The number of imidazole rings is 1. The third kappa shape index (κ3) is 1.83. The van der Waals surface area contributed by atoms with Crippen LogP contribution in [0.1, 0.15) is 70.3 Å². The van der Waals surface area contributed by atoms with Gasteiger partial charge in [0, 0.05) is 11.1 Å². The standard InChI is InChI=1S/C27H30N2/c1-25(2)19-14-21-23(15-20(19)26(3,4)27(25,5)6)29-22-13-9-12-17(22)16-10-7-8-11-18(16)24(29)28-21/h7-8,10-11,14-15H,9,12-13H2,1-6H3. The Labute approximate surface area is 173 Å². The van der Waals surface area contributed by atoms with Crippen molar-refractivity contribution in [3.05, 3.63) is 58.8 Å². The van der Waals surface area contributed by atoms with Crippen LogP contribution in [0.3, 0.4) is 0 Å². The lowest BCUT2D eigenvalue weighted by atomic mass is 9.59. The lowest BCUT2D eigenvalue weighted by molar-refractivity contribution is 0.125. The van der Waals surface area contributed by atoms with Crippen molar-refractivity contribution in [2.24, 2.45) is 5.41 Å². The first-order valence-corrected chi connectivity index (χ1v) is 11.1. The largest absolute Gasteiger partial charge is 0.296 e. The van der Waals surface area contributed by atoms with Crippen LogP contribution in [-0.2, 0) is 23.7 Å². The van der Waals surface area contributed by atoms with Crippen LogP contribution in [0, 0.1) is 5.41 Å². The van der Waals surface area contributed by atoms with Gasteiger partial charge in [-0.25, -0.2) is 4.98 Å². The Balaban J connectivity index is 1.81. The van der Waals surface area contributed by atoms with E-state index in [1.54, 1.807) is 0 Å². The van der Waals surface area contributed by atoms with E-state index in [1.807, 2.05) is 0 Å². The van der Waals surface area contributed by atoms with E-state index in [0.717, 1.165) is 17.6 Å². The molecule has 6 rings (SSSR count). The summed E-state index contributed by atoms with van der Waals surface area (Å²) in [6.07, 6.45) is 3.58. The SMILES string of the molecule is CC1(C)c2cc3nc4c5ccccc5c5c(n4c3cc2C(C)(C)C1(C)C)CCC5. The first kappa shape index (κ1) is 17.5. The Hall–Kier alpha value is -2.35. The van der Waals surface area contributed by atoms with Crippen LogP contribution in [0.4, 0.5) is 0 Å². The summed E-state index contributed by atoms with van der Waals surface area (Å²) in [5.41, 5.74) is 9.98. The molecule has 0 amide bonds. The van der Waals surface area contributed by atoms with Gasteiger partial charge in [0.25, 0.3) is 0 Å². The normalized spacial score (nSPS) is 21.2. The molecule has 0 saturated heterocycles. The maximum absolute atomic E-state index is 5.22. The minimum Gasteiger partial charge on any atom is -0.296 e. The summed E-state index contributed by atoms with van der Waals surface area (Å²) in [7, 11) is 0. The molecule has 2 aromatic heterocycles.